The van der Waals surface area contributed by atoms with E-state index >= 15 is 0 Å². The summed E-state index contributed by atoms with van der Waals surface area (Å²) in [6.45, 7) is 9.21. The van der Waals surface area contributed by atoms with Crippen molar-refractivity contribution in [2.75, 3.05) is 7.11 Å². The third kappa shape index (κ3) is 1.33. The highest BCUT2D eigenvalue weighted by Gasteiger charge is 2.73. The molecule has 0 amide bonds. The van der Waals surface area contributed by atoms with Crippen LogP contribution in [-0.2, 0) is 14.2 Å². The molecule has 0 N–H and O–H groups in total. The Bertz CT molecular complexity index is 434. The Labute approximate surface area is 122 Å². The maximum atomic E-state index is 6.22. The summed E-state index contributed by atoms with van der Waals surface area (Å²) in [4.78, 5) is 0. The van der Waals surface area contributed by atoms with Crippen molar-refractivity contribution in [3.8, 4) is 0 Å². The largest absolute Gasteiger partial charge is 0.333 e. The van der Waals surface area contributed by atoms with Gasteiger partial charge in [0.25, 0.3) is 6.48 Å². The van der Waals surface area contributed by atoms with Crippen molar-refractivity contribution in [3.63, 3.8) is 0 Å². The van der Waals surface area contributed by atoms with Gasteiger partial charge < -0.3 is 14.2 Å². The van der Waals surface area contributed by atoms with Gasteiger partial charge >= 0.3 is 0 Å². The van der Waals surface area contributed by atoms with Crippen LogP contribution in [0.25, 0.3) is 0 Å². The van der Waals surface area contributed by atoms with Gasteiger partial charge in [0.15, 0.2) is 0 Å². The van der Waals surface area contributed by atoms with E-state index < -0.39 is 6.48 Å². The van der Waals surface area contributed by atoms with Crippen LogP contribution in [0.4, 0.5) is 0 Å². The van der Waals surface area contributed by atoms with E-state index in [1.807, 2.05) is 0 Å². The van der Waals surface area contributed by atoms with Crippen LogP contribution in [0, 0.1) is 28.6 Å². The number of hydrogen-bond donors (Lipinski definition) is 0. The summed E-state index contributed by atoms with van der Waals surface area (Å²) in [6, 6.07) is 0. The second-order valence-electron chi connectivity index (χ2n) is 8.50. The number of methoxy groups -OCH3 is 1. The predicted octanol–water partition coefficient (Wildman–Crippen LogP) is 3.57. The monoisotopic (exact) mass is 280 g/mol. The lowest BCUT2D eigenvalue weighted by molar-refractivity contribution is -0.245. The van der Waals surface area contributed by atoms with E-state index in [-0.39, 0.29) is 11.7 Å². The fraction of sp³-hybridized carbons (Fsp3) is 1.00. The van der Waals surface area contributed by atoms with Crippen LogP contribution in [0.2, 0.25) is 0 Å². The summed E-state index contributed by atoms with van der Waals surface area (Å²) in [6.07, 6.45) is 5.46. The van der Waals surface area contributed by atoms with Gasteiger partial charge in [-0.2, -0.15) is 0 Å². The number of rotatable bonds is 1. The average Bonchev–Trinajstić information content (AvgIpc) is 2.94. The molecule has 0 aromatic rings. The van der Waals surface area contributed by atoms with Crippen molar-refractivity contribution < 1.29 is 14.2 Å². The van der Waals surface area contributed by atoms with Gasteiger partial charge in [0.05, 0.1) is 6.10 Å². The Morgan fingerprint density at radius 1 is 1.05 bits per heavy atom. The molecule has 1 saturated heterocycles. The standard InChI is InChI=1S/C17H28O3/c1-10-6-7-11-15(2,3)12-8-17(10,11)9-13-16(12,4)20-14(18-5)19-13/h10-14H,6-9H2,1-5H3. The summed E-state index contributed by atoms with van der Waals surface area (Å²) in [5.41, 5.74) is 0.671. The first kappa shape index (κ1) is 13.5. The molecule has 1 aliphatic heterocycles. The maximum absolute atomic E-state index is 6.22. The summed E-state index contributed by atoms with van der Waals surface area (Å²) in [5, 5.41) is 0. The molecule has 0 radical (unpaired) electrons. The molecule has 7 unspecified atom stereocenters. The van der Waals surface area contributed by atoms with Gasteiger partial charge in [0.1, 0.15) is 5.60 Å². The fourth-order valence-electron chi connectivity index (χ4n) is 6.63. The van der Waals surface area contributed by atoms with Gasteiger partial charge in [-0.1, -0.05) is 20.8 Å². The van der Waals surface area contributed by atoms with Crippen LogP contribution in [0.1, 0.15) is 53.4 Å². The molecule has 0 aromatic heterocycles. The van der Waals surface area contributed by atoms with Crippen LogP contribution in [0.15, 0.2) is 0 Å². The Balaban J connectivity index is 1.78. The minimum Gasteiger partial charge on any atom is -0.333 e. The summed E-state index contributed by atoms with van der Waals surface area (Å²) < 4.78 is 17.7. The number of ether oxygens (including phenoxy) is 3. The van der Waals surface area contributed by atoms with E-state index in [9.17, 15) is 0 Å². The Morgan fingerprint density at radius 3 is 2.50 bits per heavy atom. The molecule has 3 heteroatoms. The molecule has 0 aromatic carbocycles. The van der Waals surface area contributed by atoms with Crippen LogP contribution < -0.4 is 0 Å². The molecule has 3 nitrogen and oxygen atoms in total. The van der Waals surface area contributed by atoms with Crippen molar-refractivity contribution in [2.45, 2.75) is 71.6 Å². The minimum absolute atomic E-state index is 0.167. The van der Waals surface area contributed by atoms with Crippen molar-refractivity contribution in [1.29, 1.82) is 0 Å². The Morgan fingerprint density at radius 2 is 1.80 bits per heavy atom. The summed E-state index contributed by atoms with van der Waals surface area (Å²) >= 11 is 0. The first-order valence-corrected chi connectivity index (χ1v) is 8.20. The van der Waals surface area contributed by atoms with Crippen LogP contribution in [0.5, 0.6) is 0 Å². The summed E-state index contributed by atoms with van der Waals surface area (Å²) in [5.74, 6) is 2.25. The van der Waals surface area contributed by atoms with Gasteiger partial charge in [-0.25, -0.2) is 0 Å². The van der Waals surface area contributed by atoms with E-state index in [0.717, 1.165) is 18.3 Å². The van der Waals surface area contributed by atoms with Crippen molar-refractivity contribution in [2.24, 2.45) is 28.6 Å². The number of fused-ring (bicyclic) bond motifs is 3. The summed E-state index contributed by atoms with van der Waals surface area (Å²) in [7, 11) is 1.67. The zero-order chi connectivity index (χ0) is 14.3. The van der Waals surface area contributed by atoms with Crippen molar-refractivity contribution in [3.05, 3.63) is 0 Å². The molecule has 1 spiro atoms. The molecule has 4 aliphatic rings. The molecule has 2 bridgehead atoms. The molecule has 3 aliphatic carbocycles. The molecule has 4 rings (SSSR count). The van der Waals surface area contributed by atoms with E-state index in [0.29, 0.717) is 16.7 Å². The minimum atomic E-state index is -0.466. The number of hydrogen-bond acceptors (Lipinski definition) is 3. The van der Waals surface area contributed by atoms with E-state index in [2.05, 4.69) is 27.7 Å². The van der Waals surface area contributed by atoms with Gasteiger partial charge in [-0.3, -0.25) is 0 Å². The van der Waals surface area contributed by atoms with Gasteiger partial charge in [-0.15, -0.1) is 0 Å². The van der Waals surface area contributed by atoms with Gasteiger partial charge in [0, 0.05) is 7.11 Å². The SMILES string of the molecule is COC1OC2CC34CC(C(C)(C)C3CCC4C)C2(C)O1. The van der Waals surface area contributed by atoms with E-state index in [4.69, 9.17) is 14.2 Å². The van der Waals surface area contributed by atoms with Crippen LogP contribution in [0.3, 0.4) is 0 Å². The third-order valence-corrected chi connectivity index (χ3v) is 7.66. The zero-order valence-corrected chi connectivity index (χ0v) is 13.4. The zero-order valence-electron chi connectivity index (χ0n) is 13.4. The van der Waals surface area contributed by atoms with Crippen molar-refractivity contribution >= 4 is 0 Å². The van der Waals surface area contributed by atoms with Gasteiger partial charge in [0.2, 0.25) is 0 Å². The topological polar surface area (TPSA) is 27.7 Å². The highest BCUT2D eigenvalue weighted by Crippen LogP contribution is 2.74. The van der Waals surface area contributed by atoms with E-state index in [1.165, 1.54) is 19.3 Å². The highest BCUT2D eigenvalue weighted by molar-refractivity contribution is 5.20. The average molecular weight is 280 g/mol. The smallest absolute Gasteiger partial charge is 0.272 e. The Hall–Kier alpha value is -0.120. The van der Waals surface area contributed by atoms with Crippen LogP contribution in [-0.4, -0.2) is 25.3 Å². The van der Waals surface area contributed by atoms with E-state index in [1.54, 1.807) is 7.11 Å². The molecule has 3 saturated carbocycles. The highest BCUT2D eigenvalue weighted by atomic mass is 16.9. The third-order valence-electron chi connectivity index (χ3n) is 7.66. The Kier molecular flexibility index (Phi) is 2.57. The molecule has 114 valence electrons. The quantitative estimate of drug-likeness (QED) is 0.735. The fourth-order valence-corrected chi connectivity index (χ4v) is 6.63. The normalized spacial score (nSPS) is 59.5. The molecule has 4 fully saturated rings. The molecule has 20 heavy (non-hydrogen) atoms. The van der Waals surface area contributed by atoms with Crippen LogP contribution >= 0.6 is 0 Å². The molecule has 7 atom stereocenters. The molecular weight excluding hydrogens is 252 g/mol. The first-order chi connectivity index (χ1) is 9.34. The maximum Gasteiger partial charge on any atom is 0.272 e. The molecule has 1 heterocycles. The lowest BCUT2D eigenvalue weighted by Gasteiger charge is -2.46. The van der Waals surface area contributed by atoms with Crippen molar-refractivity contribution in [1.82, 2.24) is 0 Å². The second-order valence-corrected chi connectivity index (χ2v) is 8.50. The second kappa shape index (κ2) is 3.80. The lowest BCUT2D eigenvalue weighted by Crippen LogP contribution is -2.52. The first-order valence-electron chi connectivity index (χ1n) is 8.20. The predicted molar refractivity (Wildman–Crippen MR) is 76.0 cm³/mol. The molecular formula is C17H28O3. The van der Waals surface area contributed by atoms with Gasteiger partial charge in [-0.05, 0) is 61.2 Å². The lowest BCUT2D eigenvalue weighted by atomic mass is 9.63.